The molecule has 4 aliphatic rings. The van der Waals surface area contributed by atoms with Crippen molar-refractivity contribution in [1.82, 2.24) is 5.32 Å². The van der Waals surface area contributed by atoms with E-state index in [-0.39, 0.29) is 34.7 Å². The first kappa shape index (κ1) is 15.7. The Kier molecular flexibility index (Phi) is 3.02. The molecule has 4 rings (SSSR count). The van der Waals surface area contributed by atoms with E-state index in [0.717, 1.165) is 42.5 Å². The van der Waals surface area contributed by atoms with Gasteiger partial charge in [0, 0.05) is 28.2 Å². The number of aliphatic hydroxyl groups is 1. The van der Waals surface area contributed by atoms with E-state index in [0.29, 0.717) is 5.57 Å². The Bertz CT molecular complexity index is 770. The van der Waals surface area contributed by atoms with Crippen molar-refractivity contribution in [3.63, 3.8) is 0 Å². The Hall–Kier alpha value is -1.84. The van der Waals surface area contributed by atoms with Crippen molar-refractivity contribution in [3.8, 4) is 0 Å². The van der Waals surface area contributed by atoms with Crippen molar-refractivity contribution in [3.05, 3.63) is 34.3 Å². The van der Waals surface area contributed by atoms with Crippen LogP contribution in [0.3, 0.4) is 0 Å². The van der Waals surface area contributed by atoms with Gasteiger partial charge in [0.2, 0.25) is 5.78 Å². The molecule has 3 aliphatic carbocycles. The molecule has 24 heavy (non-hydrogen) atoms. The van der Waals surface area contributed by atoms with Crippen LogP contribution in [0.1, 0.15) is 53.4 Å². The summed E-state index contributed by atoms with van der Waals surface area (Å²) in [6, 6.07) is 0. The van der Waals surface area contributed by atoms with Gasteiger partial charge in [0.15, 0.2) is 5.76 Å². The average Bonchev–Trinajstić information content (AvgIpc) is 2.88. The van der Waals surface area contributed by atoms with Crippen molar-refractivity contribution in [2.24, 2.45) is 22.7 Å². The Balaban J connectivity index is 2.00. The quantitative estimate of drug-likeness (QED) is 0.774. The Morgan fingerprint density at radius 1 is 1.21 bits per heavy atom. The zero-order valence-corrected chi connectivity index (χ0v) is 14.8. The number of fused-ring (bicyclic) bond motifs is 1. The van der Waals surface area contributed by atoms with Crippen LogP contribution in [-0.2, 0) is 9.59 Å². The molecule has 4 nitrogen and oxygen atoms in total. The summed E-state index contributed by atoms with van der Waals surface area (Å²) in [5.41, 5.74) is 2.58. The van der Waals surface area contributed by atoms with Gasteiger partial charge < -0.3 is 10.4 Å². The lowest BCUT2D eigenvalue weighted by Gasteiger charge is -2.38. The average molecular weight is 327 g/mol. The van der Waals surface area contributed by atoms with Crippen LogP contribution in [0.15, 0.2) is 34.3 Å². The molecule has 2 N–H and O–H groups in total. The molecule has 1 heterocycles. The second kappa shape index (κ2) is 4.62. The van der Waals surface area contributed by atoms with E-state index >= 15 is 0 Å². The van der Waals surface area contributed by atoms with Crippen molar-refractivity contribution in [2.75, 3.05) is 0 Å². The van der Waals surface area contributed by atoms with Gasteiger partial charge in [0.05, 0.1) is 0 Å². The van der Waals surface area contributed by atoms with Gasteiger partial charge in [-0.25, -0.2) is 0 Å². The second-order valence-corrected chi connectivity index (χ2v) is 8.61. The zero-order chi connectivity index (χ0) is 17.4. The molecule has 1 aliphatic heterocycles. The largest absolute Gasteiger partial charge is 0.504 e. The van der Waals surface area contributed by atoms with Crippen LogP contribution < -0.4 is 5.32 Å². The lowest BCUT2D eigenvalue weighted by atomic mass is 9.64. The monoisotopic (exact) mass is 327 g/mol. The summed E-state index contributed by atoms with van der Waals surface area (Å²) in [5.74, 6) is -0.382. The fraction of sp³-hybridized carbons (Fsp3) is 0.600. The number of hydrogen-bond acceptors (Lipinski definition) is 3. The third kappa shape index (κ3) is 1.69. The summed E-state index contributed by atoms with van der Waals surface area (Å²) in [7, 11) is 0. The fourth-order valence-electron chi connectivity index (χ4n) is 5.68. The summed E-state index contributed by atoms with van der Waals surface area (Å²) in [4.78, 5) is 25.5. The first-order valence-corrected chi connectivity index (χ1v) is 8.95. The summed E-state index contributed by atoms with van der Waals surface area (Å²) >= 11 is 0. The summed E-state index contributed by atoms with van der Waals surface area (Å²) in [5, 5.41) is 13.6. The lowest BCUT2D eigenvalue weighted by Crippen LogP contribution is -2.31. The van der Waals surface area contributed by atoms with E-state index < -0.39 is 5.41 Å². The van der Waals surface area contributed by atoms with E-state index in [1.54, 1.807) is 0 Å². The minimum absolute atomic E-state index is 0.00306. The smallest absolute Gasteiger partial charge is 0.251 e. The maximum Gasteiger partial charge on any atom is 0.251 e. The molecule has 3 atom stereocenters. The lowest BCUT2D eigenvalue weighted by molar-refractivity contribution is -0.116. The molecule has 0 saturated carbocycles. The maximum absolute atomic E-state index is 12.9. The molecular weight excluding hydrogens is 302 g/mol. The molecule has 0 unspecified atom stereocenters. The van der Waals surface area contributed by atoms with Gasteiger partial charge >= 0.3 is 0 Å². The summed E-state index contributed by atoms with van der Waals surface area (Å²) < 4.78 is 0. The van der Waals surface area contributed by atoms with Crippen LogP contribution >= 0.6 is 0 Å². The molecular formula is C20H25NO3. The Morgan fingerprint density at radius 2 is 1.92 bits per heavy atom. The Labute approximate surface area is 142 Å². The van der Waals surface area contributed by atoms with Gasteiger partial charge in [0.25, 0.3) is 5.91 Å². The molecule has 0 aromatic carbocycles. The molecule has 4 heteroatoms. The van der Waals surface area contributed by atoms with Crippen LogP contribution in [0.25, 0.3) is 0 Å². The Morgan fingerprint density at radius 3 is 2.58 bits per heavy atom. The van der Waals surface area contributed by atoms with Gasteiger partial charge in [-0.1, -0.05) is 33.8 Å². The van der Waals surface area contributed by atoms with Crippen LogP contribution in [0.4, 0.5) is 0 Å². The van der Waals surface area contributed by atoms with E-state index in [4.69, 9.17) is 0 Å². The highest BCUT2D eigenvalue weighted by atomic mass is 16.3. The van der Waals surface area contributed by atoms with Gasteiger partial charge in [-0.05, 0) is 42.6 Å². The highest BCUT2D eigenvalue weighted by Crippen LogP contribution is 2.61. The molecule has 1 amide bonds. The van der Waals surface area contributed by atoms with E-state index in [1.807, 2.05) is 19.9 Å². The number of carbonyl (C=O) groups excluding carboxylic acids is 2. The van der Waals surface area contributed by atoms with E-state index in [1.165, 1.54) is 0 Å². The zero-order valence-electron chi connectivity index (χ0n) is 14.8. The normalized spacial score (nSPS) is 38.2. The van der Waals surface area contributed by atoms with E-state index in [2.05, 4.69) is 19.2 Å². The first-order valence-electron chi connectivity index (χ1n) is 8.95. The highest BCUT2D eigenvalue weighted by molar-refractivity contribution is 6.14. The van der Waals surface area contributed by atoms with Crippen LogP contribution in [-0.4, -0.2) is 16.8 Å². The third-order valence-electron chi connectivity index (χ3n) is 6.77. The molecule has 128 valence electrons. The molecule has 1 fully saturated rings. The summed E-state index contributed by atoms with van der Waals surface area (Å²) in [6.07, 6.45) is 5.77. The van der Waals surface area contributed by atoms with Gasteiger partial charge in [-0.3, -0.25) is 9.59 Å². The molecule has 0 bridgehead atoms. The number of amides is 1. The van der Waals surface area contributed by atoms with Crippen LogP contribution in [0, 0.1) is 22.7 Å². The minimum atomic E-state index is -0.478. The topological polar surface area (TPSA) is 66.4 Å². The van der Waals surface area contributed by atoms with Gasteiger partial charge in [0.1, 0.15) is 0 Å². The summed E-state index contributed by atoms with van der Waals surface area (Å²) in [6.45, 7) is 8.37. The predicted octanol–water partition coefficient (Wildman–Crippen LogP) is 3.56. The van der Waals surface area contributed by atoms with Gasteiger partial charge in [-0.2, -0.15) is 0 Å². The van der Waals surface area contributed by atoms with Crippen molar-refractivity contribution in [1.29, 1.82) is 0 Å². The molecule has 0 radical (unpaired) electrons. The number of nitrogens with one attached hydrogen (secondary N) is 1. The minimum Gasteiger partial charge on any atom is -0.504 e. The fourth-order valence-corrected chi connectivity index (χ4v) is 5.68. The molecule has 0 spiro atoms. The van der Waals surface area contributed by atoms with Crippen molar-refractivity contribution in [2.45, 2.75) is 53.4 Å². The molecule has 0 aromatic rings. The standard InChI is InChI=1S/C20H25NO3/c1-10(2)12-16(22)17(23)14-15-13-11(18(24)21-15)6-5-7-19(13,3)8-9-20(12,14)4/h6,10,13,22H,5,7-9H2,1-4H3,(H,21,24)/t13-,19-,20+/m0/s1. The number of hydrogen-bond donors (Lipinski definition) is 2. The number of aliphatic hydroxyl groups excluding tert-OH is 1. The number of Topliss-reactive ketones (excluding diaryl/α,β-unsaturated/α-hetero) is 1. The molecule has 0 aromatic heterocycles. The predicted molar refractivity (Wildman–Crippen MR) is 90.9 cm³/mol. The van der Waals surface area contributed by atoms with Crippen molar-refractivity contribution < 1.29 is 14.7 Å². The van der Waals surface area contributed by atoms with Crippen LogP contribution in [0.2, 0.25) is 0 Å². The number of carbonyl (C=O) groups is 2. The van der Waals surface area contributed by atoms with Crippen molar-refractivity contribution >= 4 is 11.7 Å². The second-order valence-electron chi connectivity index (χ2n) is 8.61. The first-order chi connectivity index (χ1) is 11.2. The number of ketones is 1. The highest BCUT2D eigenvalue weighted by Gasteiger charge is 2.58. The van der Waals surface area contributed by atoms with E-state index in [9.17, 15) is 14.7 Å². The SMILES string of the molecule is CC(C)C1=C(O)C(=O)C2=C3NC(=O)C4=CCC[C@@](C)(CC[C@@]21C)[C@@H]43. The van der Waals surface area contributed by atoms with Gasteiger partial charge in [-0.15, -0.1) is 0 Å². The number of rotatable bonds is 1. The maximum atomic E-state index is 12.9. The van der Waals surface area contributed by atoms with Crippen LogP contribution in [0.5, 0.6) is 0 Å². The number of allylic oxidation sites excluding steroid dienone is 4. The molecule has 1 saturated heterocycles. The third-order valence-corrected chi connectivity index (χ3v) is 6.77.